The number of likely N-dealkylation sites (N-methyl/N-ethyl adjacent to an activating group) is 1. The van der Waals surface area contributed by atoms with E-state index in [-0.39, 0.29) is 11.8 Å². The Morgan fingerprint density at radius 3 is 2.63 bits per heavy atom. The molecule has 1 unspecified atom stereocenters. The van der Waals surface area contributed by atoms with E-state index in [1.807, 2.05) is 6.07 Å². The number of fused-ring (bicyclic) bond motifs is 1. The molecule has 5 heteroatoms. The number of hydrogen-bond donors (Lipinski definition) is 1. The van der Waals surface area contributed by atoms with Gasteiger partial charge >= 0.3 is 0 Å². The zero-order valence-electron chi connectivity index (χ0n) is 15.4. The predicted molar refractivity (Wildman–Crippen MR) is 106 cm³/mol. The first-order valence-electron chi connectivity index (χ1n) is 9.50. The van der Waals surface area contributed by atoms with Crippen molar-refractivity contribution in [1.82, 2.24) is 10.2 Å². The quantitative estimate of drug-likeness (QED) is 0.849. The Morgan fingerprint density at radius 2 is 1.89 bits per heavy atom. The van der Waals surface area contributed by atoms with Gasteiger partial charge in [0.15, 0.2) is 0 Å². The lowest BCUT2D eigenvalue weighted by Gasteiger charge is -2.26. The smallest absolute Gasteiger partial charge is 0.255 e. The van der Waals surface area contributed by atoms with E-state index in [9.17, 15) is 9.59 Å². The summed E-state index contributed by atoms with van der Waals surface area (Å²) in [6.45, 7) is 0.426. The number of hydrogen-bond acceptors (Lipinski definition) is 2. The van der Waals surface area contributed by atoms with Crippen LogP contribution in [0.4, 0.5) is 0 Å². The van der Waals surface area contributed by atoms with E-state index in [2.05, 4.69) is 23.5 Å². The van der Waals surface area contributed by atoms with E-state index < -0.39 is 6.04 Å². The minimum Gasteiger partial charge on any atom is -0.357 e. The van der Waals surface area contributed by atoms with Crippen LogP contribution in [-0.2, 0) is 11.3 Å². The summed E-state index contributed by atoms with van der Waals surface area (Å²) in [4.78, 5) is 27.4. The molecule has 1 fully saturated rings. The molecule has 0 bridgehead atoms. The van der Waals surface area contributed by atoms with Gasteiger partial charge in [-0.05, 0) is 53.6 Å². The van der Waals surface area contributed by atoms with E-state index >= 15 is 0 Å². The molecule has 4 rings (SSSR count). The van der Waals surface area contributed by atoms with Crippen molar-refractivity contribution in [2.24, 2.45) is 0 Å². The number of benzene rings is 2. The van der Waals surface area contributed by atoms with Crippen LogP contribution in [0.15, 0.2) is 42.5 Å². The van der Waals surface area contributed by atoms with Gasteiger partial charge in [-0.15, -0.1) is 0 Å². The summed E-state index contributed by atoms with van der Waals surface area (Å²) in [6.07, 6.45) is 4.90. The van der Waals surface area contributed by atoms with Crippen molar-refractivity contribution in [2.75, 3.05) is 7.05 Å². The van der Waals surface area contributed by atoms with Crippen molar-refractivity contribution >= 4 is 23.4 Å². The minimum atomic E-state index is -0.646. The first kappa shape index (κ1) is 18.1. The number of nitrogens with one attached hydrogen (secondary N) is 1. The number of halogens is 1. The molecule has 0 aromatic heterocycles. The van der Waals surface area contributed by atoms with Crippen LogP contribution in [0.1, 0.15) is 64.7 Å². The molecule has 2 aromatic carbocycles. The van der Waals surface area contributed by atoms with Gasteiger partial charge in [-0.1, -0.05) is 48.7 Å². The molecule has 1 aliphatic carbocycles. The third kappa shape index (κ3) is 3.23. The zero-order chi connectivity index (χ0) is 19.0. The predicted octanol–water partition coefficient (Wildman–Crippen LogP) is 4.44. The van der Waals surface area contributed by atoms with Gasteiger partial charge in [0.05, 0.1) is 0 Å². The van der Waals surface area contributed by atoms with Crippen LogP contribution in [0, 0.1) is 0 Å². The third-order valence-corrected chi connectivity index (χ3v) is 6.03. The lowest BCUT2D eigenvalue weighted by Crippen LogP contribution is -2.37. The van der Waals surface area contributed by atoms with Crippen LogP contribution >= 0.6 is 11.6 Å². The maximum atomic E-state index is 13.1. The Bertz CT molecular complexity index is 890. The summed E-state index contributed by atoms with van der Waals surface area (Å²) in [5, 5.41) is 3.23. The number of rotatable bonds is 4. The van der Waals surface area contributed by atoms with Gasteiger partial charge in [0.2, 0.25) is 5.91 Å². The van der Waals surface area contributed by atoms with Gasteiger partial charge in [-0.2, -0.15) is 0 Å². The topological polar surface area (TPSA) is 49.4 Å². The van der Waals surface area contributed by atoms with Crippen LogP contribution in [0.5, 0.6) is 0 Å². The molecule has 27 heavy (non-hydrogen) atoms. The molecule has 1 aliphatic heterocycles. The highest BCUT2D eigenvalue weighted by Crippen LogP contribution is 2.39. The molecule has 1 atom stereocenters. The number of nitrogens with zero attached hydrogens (tertiary/aromatic N) is 1. The van der Waals surface area contributed by atoms with Gasteiger partial charge in [0, 0.05) is 24.2 Å². The fourth-order valence-electron chi connectivity index (χ4n) is 4.47. The molecule has 2 aliphatic rings. The van der Waals surface area contributed by atoms with E-state index in [4.69, 9.17) is 11.6 Å². The first-order chi connectivity index (χ1) is 13.1. The summed E-state index contributed by atoms with van der Waals surface area (Å²) in [7, 11) is 1.60. The minimum absolute atomic E-state index is 0.114. The first-order valence-corrected chi connectivity index (χ1v) is 9.87. The summed E-state index contributed by atoms with van der Waals surface area (Å²) in [5.41, 5.74) is 3.69. The fourth-order valence-corrected chi connectivity index (χ4v) is 4.65. The van der Waals surface area contributed by atoms with Gasteiger partial charge in [-0.25, -0.2) is 0 Å². The Labute approximate surface area is 164 Å². The maximum absolute atomic E-state index is 13.1. The molecule has 0 spiro atoms. The van der Waals surface area contributed by atoms with Crippen molar-refractivity contribution < 1.29 is 9.59 Å². The van der Waals surface area contributed by atoms with Gasteiger partial charge in [0.1, 0.15) is 6.04 Å². The second-order valence-electron chi connectivity index (χ2n) is 7.36. The lowest BCUT2D eigenvalue weighted by molar-refractivity contribution is -0.125. The van der Waals surface area contributed by atoms with E-state index in [0.717, 1.165) is 5.56 Å². The molecule has 1 saturated carbocycles. The molecule has 2 amide bonds. The van der Waals surface area contributed by atoms with E-state index in [1.165, 1.54) is 31.2 Å². The van der Waals surface area contributed by atoms with Crippen molar-refractivity contribution in [3.63, 3.8) is 0 Å². The van der Waals surface area contributed by atoms with E-state index in [1.54, 1.807) is 30.1 Å². The van der Waals surface area contributed by atoms with Gasteiger partial charge < -0.3 is 10.2 Å². The Kier molecular flexibility index (Phi) is 4.92. The van der Waals surface area contributed by atoms with Gasteiger partial charge in [-0.3, -0.25) is 9.59 Å². The molecule has 140 valence electrons. The number of carbonyl (C=O) groups excluding carboxylic acids is 2. The van der Waals surface area contributed by atoms with E-state index in [0.29, 0.717) is 28.6 Å². The summed E-state index contributed by atoms with van der Waals surface area (Å²) >= 11 is 6.14. The van der Waals surface area contributed by atoms with Crippen molar-refractivity contribution in [1.29, 1.82) is 0 Å². The van der Waals surface area contributed by atoms with Crippen LogP contribution < -0.4 is 5.32 Å². The normalized spacial score (nSPS) is 19.4. The second-order valence-corrected chi connectivity index (χ2v) is 7.80. The van der Waals surface area contributed by atoms with Gasteiger partial charge in [0.25, 0.3) is 5.91 Å². The third-order valence-electron chi connectivity index (χ3n) is 5.80. The van der Waals surface area contributed by atoms with Crippen molar-refractivity contribution in [3.05, 3.63) is 69.7 Å². The molecule has 2 aromatic rings. The molecule has 1 N–H and O–H groups in total. The average Bonchev–Trinajstić information content (AvgIpc) is 3.29. The monoisotopic (exact) mass is 382 g/mol. The molecular formula is C22H23ClN2O2. The molecule has 1 heterocycles. The van der Waals surface area contributed by atoms with Crippen LogP contribution in [0.25, 0.3) is 0 Å². The van der Waals surface area contributed by atoms with Crippen LogP contribution in [-0.4, -0.2) is 23.8 Å². The second kappa shape index (κ2) is 7.35. The Morgan fingerprint density at radius 1 is 1.15 bits per heavy atom. The summed E-state index contributed by atoms with van der Waals surface area (Å²) < 4.78 is 0. The molecular weight excluding hydrogens is 360 g/mol. The zero-order valence-corrected chi connectivity index (χ0v) is 16.1. The summed E-state index contributed by atoms with van der Waals surface area (Å²) in [6, 6.07) is 12.8. The highest BCUT2D eigenvalue weighted by Gasteiger charge is 2.41. The molecule has 0 saturated heterocycles. The Balaban J connectivity index is 1.71. The maximum Gasteiger partial charge on any atom is 0.255 e. The molecule has 0 radical (unpaired) electrons. The number of amides is 2. The van der Waals surface area contributed by atoms with Crippen LogP contribution in [0.2, 0.25) is 5.02 Å². The standard InChI is InChI=1S/C22H23ClN2O2/c1-24-21(26)20-19-12-16(23)10-11-18(19)22(27)25(20)13-15-8-4-5-9-17(15)14-6-2-3-7-14/h4-5,8-12,14,20H,2-3,6-7,13H2,1H3,(H,24,26). The summed E-state index contributed by atoms with van der Waals surface area (Å²) in [5.74, 6) is 0.244. The Hall–Kier alpha value is -2.33. The highest BCUT2D eigenvalue weighted by atomic mass is 35.5. The average molecular weight is 383 g/mol. The SMILES string of the molecule is CNC(=O)C1c2cc(Cl)ccc2C(=O)N1Cc1ccccc1C1CCCC1. The molecule has 4 nitrogen and oxygen atoms in total. The largest absolute Gasteiger partial charge is 0.357 e. The van der Waals surface area contributed by atoms with Crippen molar-refractivity contribution in [3.8, 4) is 0 Å². The van der Waals surface area contributed by atoms with Crippen LogP contribution in [0.3, 0.4) is 0 Å². The number of carbonyl (C=O) groups is 2. The van der Waals surface area contributed by atoms with Crippen molar-refractivity contribution in [2.45, 2.75) is 44.2 Å². The highest BCUT2D eigenvalue weighted by molar-refractivity contribution is 6.31. The fraction of sp³-hybridized carbons (Fsp3) is 0.364. The lowest BCUT2D eigenvalue weighted by atomic mass is 9.92.